The number of carbonyl (C=O) groups excluding carboxylic acids is 3. The number of phenols is 1. The van der Waals surface area contributed by atoms with Crippen molar-refractivity contribution in [1.29, 1.82) is 0 Å². The highest BCUT2D eigenvalue weighted by Gasteiger charge is 2.37. The van der Waals surface area contributed by atoms with Crippen molar-refractivity contribution < 1.29 is 24.2 Å². The molecular formula is C30H41N3O5. The third-order valence-electron chi connectivity index (χ3n) is 5.74. The van der Waals surface area contributed by atoms with Crippen LogP contribution < -0.4 is 10.6 Å². The van der Waals surface area contributed by atoms with Gasteiger partial charge in [0.1, 0.15) is 23.4 Å². The maximum atomic E-state index is 14.0. The van der Waals surface area contributed by atoms with E-state index < -0.39 is 35.6 Å². The van der Waals surface area contributed by atoms with Gasteiger partial charge in [-0.3, -0.25) is 9.59 Å². The van der Waals surface area contributed by atoms with Crippen LogP contribution in [0.4, 0.5) is 4.79 Å². The molecule has 2 rings (SSSR count). The number of aryl methyl sites for hydroxylation is 1. The Morgan fingerprint density at radius 3 is 2.32 bits per heavy atom. The molecule has 8 heteroatoms. The van der Waals surface area contributed by atoms with Gasteiger partial charge in [-0.05, 0) is 51.2 Å². The highest BCUT2D eigenvalue weighted by molar-refractivity contribution is 5.92. The molecule has 2 aromatic carbocycles. The Morgan fingerprint density at radius 2 is 1.74 bits per heavy atom. The highest BCUT2D eigenvalue weighted by Crippen LogP contribution is 2.32. The smallest absolute Gasteiger partial charge is 0.408 e. The molecule has 3 N–H and O–H groups in total. The Balaban J connectivity index is 2.49. The van der Waals surface area contributed by atoms with Crippen molar-refractivity contribution in [3.05, 3.63) is 77.9 Å². The van der Waals surface area contributed by atoms with E-state index in [1.165, 1.54) is 11.0 Å². The summed E-state index contributed by atoms with van der Waals surface area (Å²) in [6.07, 6.45) is 1.12. The molecule has 0 aliphatic heterocycles. The Kier molecular flexibility index (Phi) is 10.9. The van der Waals surface area contributed by atoms with Gasteiger partial charge in [0, 0.05) is 18.7 Å². The predicted molar refractivity (Wildman–Crippen MR) is 148 cm³/mol. The second kappa shape index (κ2) is 13.7. The molecule has 0 aliphatic rings. The monoisotopic (exact) mass is 523 g/mol. The minimum absolute atomic E-state index is 0.0141. The number of alkyl carbamates (subject to hydrolysis) is 1. The molecule has 0 saturated carbocycles. The lowest BCUT2D eigenvalue weighted by Crippen LogP contribution is -2.53. The molecule has 2 unspecified atom stereocenters. The van der Waals surface area contributed by atoms with E-state index in [0.717, 1.165) is 5.56 Å². The zero-order chi connectivity index (χ0) is 28.5. The number of phenolic OH excluding ortho intramolecular Hbond substituents is 1. The molecule has 0 fully saturated rings. The summed E-state index contributed by atoms with van der Waals surface area (Å²) in [5.74, 6) is -0.965. The number of rotatable bonds is 11. The first kappa shape index (κ1) is 30.4. The van der Waals surface area contributed by atoms with Gasteiger partial charge in [-0.25, -0.2) is 4.79 Å². The van der Waals surface area contributed by atoms with Gasteiger partial charge >= 0.3 is 6.09 Å². The summed E-state index contributed by atoms with van der Waals surface area (Å²) in [7, 11) is 0. The van der Waals surface area contributed by atoms with Crippen molar-refractivity contribution in [3.63, 3.8) is 0 Å². The first-order valence-corrected chi connectivity index (χ1v) is 12.8. The maximum absolute atomic E-state index is 14.0. The van der Waals surface area contributed by atoms with Crippen molar-refractivity contribution in [1.82, 2.24) is 15.5 Å². The normalized spacial score (nSPS) is 12.8. The number of hydrogen-bond donors (Lipinski definition) is 3. The standard InChI is InChI=1S/C30H41N3O5/c1-8-17-33(28(36)24(18-20(2)3)32-29(37)38-30(5,6)7)25(23-16-12-13-21(4)26(23)34)27(35)31-19-22-14-10-9-11-15-22/h8-16,20,24-25,34H,1,17-19H2,2-7H3,(H,31,35)(H,32,37). The Labute approximate surface area is 226 Å². The minimum atomic E-state index is -1.17. The second-order valence-electron chi connectivity index (χ2n) is 10.7. The number of amides is 3. The van der Waals surface area contributed by atoms with Crippen molar-refractivity contribution in [3.8, 4) is 5.75 Å². The SMILES string of the molecule is C=CCN(C(=O)C(CC(C)C)NC(=O)OC(C)(C)C)C(C(=O)NCc1ccccc1)c1cccc(C)c1O. The molecule has 8 nitrogen and oxygen atoms in total. The fraction of sp³-hybridized carbons (Fsp3) is 0.433. The van der Waals surface area contributed by atoms with Crippen LogP contribution in [0.1, 0.15) is 63.8 Å². The molecule has 0 heterocycles. The zero-order valence-electron chi connectivity index (χ0n) is 23.3. The number of aromatic hydroxyl groups is 1. The average Bonchev–Trinajstić information content (AvgIpc) is 2.83. The van der Waals surface area contributed by atoms with Crippen LogP contribution in [0.5, 0.6) is 5.75 Å². The number of nitrogens with zero attached hydrogens (tertiary/aromatic N) is 1. The van der Waals surface area contributed by atoms with E-state index >= 15 is 0 Å². The maximum Gasteiger partial charge on any atom is 0.408 e. The van der Waals surface area contributed by atoms with E-state index in [4.69, 9.17) is 4.74 Å². The summed E-state index contributed by atoms with van der Waals surface area (Å²) in [6.45, 7) is 14.9. The van der Waals surface area contributed by atoms with Gasteiger partial charge in [0.05, 0.1) is 0 Å². The van der Waals surface area contributed by atoms with Crippen LogP contribution in [0.15, 0.2) is 61.2 Å². The van der Waals surface area contributed by atoms with Crippen molar-refractivity contribution >= 4 is 17.9 Å². The summed E-state index contributed by atoms with van der Waals surface area (Å²) in [5, 5.41) is 16.5. The largest absolute Gasteiger partial charge is 0.507 e. The molecule has 0 spiro atoms. The van der Waals surface area contributed by atoms with Crippen LogP contribution in [-0.4, -0.2) is 46.1 Å². The van der Waals surface area contributed by atoms with Gasteiger partial charge < -0.3 is 25.4 Å². The summed E-state index contributed by atoms with van der Waals surface area (Å²) >= 11 is 0. The average molecular weight is 524 g/mol. The summed E-state index contributed by atoms with van der Waals surface area (Å²) in [6, 6.07) is 12.3. The van der Waals surface area contributed by atoms with Crippen LogP contribution in [0, 0.1) is 12.8 Å². The quantitative estimate of drug-likeness (QED) is 0.359. The summed E-state index contributed by atoms with van der Waals surface area (Å²) < 4.78 is 5.39. The molecule has 0 radical (unpaired) electrons. The molecule has 0 saturated heterocycles. The third-order valence-corrected chi connectivity index (χ3v) is 5.74. The Hall–Kier alpha value is -3.81. The van der Waals surface area contributed by atoms with Crippen molar-refractivity contribution in [2.24, 2.45) is 5.92 Å². The summed E-state index contributed by atoms with van der Waals surface area (Å²) in [5.41, 5.74) is 0.994. The molecule has 38 heavy (non-hydrogen) atoms. The minimum Gasteiger partial charge on any atom is -0.507 e. The fourth-order valence-corrected chi connectivity index (χ4v) is 4.04. The molecule has 0 aliphatic carbocycles. The van der Waals surface area contributed by atoms with Gasteiger partial charge in [0.25, 0.3) is 0 Å². The molecule has 3 amide bonds. The fourth-order valence-electron chi connectivity index (χ4n) is 4.04. The number of nitrogens with one attached hydrogen (secondary N) is 2. The van der Waals surface area contributed by atoms with E-state index in [9.17, 15) is 19.5 Å². The lowest BCUT2D eigenvalue weighted by atomic mass is 9.97. The Morgan fingerprint density at radius 1 is 1.08 bits per heavy atom. The highest BCUT2D eigenvalue weighted by atomic mass is 16.6. The van der Waals surface area contributed by atoms with Gasteiger partial charge in [-0.1, -0.05) is 68.5 Å². The van der Waals surface area contributed by atoms with Gasteiger partial charge in [0.15, 0.2) is 0 Å². The number of para-hydroxylation sites is 1. The Bertz CT molecular complexity index is 1110. The zero-order valence-corrected chi connectivity index (χ0v) is 23.3. The topological polar surface area (TPSA) is 108 Å². The first-order chi connectivity index (χ1) is 17.8. The van der Waals surface area contributed by atoms with Gasteiger partial charge in [-0.15, -0.1) is 6.58 Å². The van der Waals surface area contributed by atoms with E-state index in [2.05, 4.69) is 17.2 Å². The van der Waals surface area contributed by atoms with Gasteiger partial charge in [-0.2, -0.15) is 0 Å². The van der Waals surface area contributed by atoms with Crippen LogP contribution >= 0.6 is 0 Å². The van der Waals surface area contributed by atoms with E-state index in [0.29, 0.717) is 12.0 Å². The third kappa shape index (κ3) is 8.94. The lowest BCUT2D eigenvalue weighted by molar-refractivity contribution is -0.142. The molecule has 0 bridgehead atoms. The molecule has 206 valence electrons. The van der Waals surface area contributed by atoms with Crippen LogP contribution in [-0.2, 0) is 20.9 Å². The molecule has 2 aromatic rings. The van der Waals surface area contributed by atoms with Crippen LogP contribution in [0.3, 0.4) is 0 Å². The van der Waals surface area contributed by atoms with E-state index in [-0.39, 0.29) is 30.3 Å². The van der Waals surface area contributed by atoms with Crippen LogP contribution in [0.2, 0.25) is 0 Å². The molecular weight excluding hydrogens is 482 g/mol. The number of hydrogen-bond acceptors (Lipinski definition) is 5. The van der Waals surface area contributed by atoms with Gasteiger partial charge in [0.2, 0.25) is 11.8 Å². The number of ether oxygens (including phenoxy) is 1. The number of carbonyl (C=O) groups is 3. The summed E-state index contributed by atoms with van der Waals surface area (Å²) in [4.78, 5) is 41.7. The number of benzene rings is 2. The van der Waals surface area contributed by atoms with Crippen molar-refractivity contribution in [2.45, 2.75) is 72.2 Å². The lowest BCUT2D eigenvalue weighted by Gasteiger charge is -2.34. The van der Waals surface area contributed by atoms with Crippen LogP contribution in [0.25, 0.3) is 0 Å². The predicted octanol–water partition coefficient (Wildman–Crippen LogP) is 5.01. The van der Waals surface area contributed by atoms with Crippen molar-refractivity contribution in [2.75, 3.05) is 6.54 Å². The molecule has 2 atom stereocenters. The second-order valence-corrected chi connectivity index (χ2v) is 10.7. The van der Waals surface area contributed by atoms with E-state index in [1.807, 2.05) is 44.2 Å². The molecule has 0 aromatic heterocycles. The first-order valence-electron chi connectivity index (χ1n) is 12.8. The van der Waals surface area contributed by atoms with E-state index in [1.54, 1.807) is 45.9 Å².